The van der Waals surface area contributed by atoms with Crippen LogP contribution in [-0.2, 0) is 11.4 Å². The van der Waals surface area contributed by atoms with Crippen LogP contribution < -0.4 is 29.7 Å². The molecule has 0 bridgehead atoms. The van der Waals surface area contributed by atoms with Crippen LogP contribution in [0.25, 0.3) is 6.08 Å². The Balaban J connectivity index is 1.47. The van der Waals surface area contributed by atoms with Crippen molar-refractivity contribution in [2.24, 2.45) is 4.99 Å². The van der Waals surface area contributed by atoms with E-state index in [2.05, 4.69) is 66.4 Å². The molecule has 5 aromatic rings. The smallest absolute Gasteiger partial charge is 0.271 e. The monoisotopic (exact) mass is 917 g/mol. The van der Waals surface area contributed by atoms with Crippen LogP contribution >= 0.6 is 72.4 Å². The van der Waals surface area contributed by atoms with Gasteiger partial charge in [-0.05, 0) is 118 Å². The van der Waals surface area contributed by atoms with E-state index < -0.39 is 6.04 Å². The van der Waals surface area contributed by atoms with Gasteiger partial charge in [0.1, 0.15) is 18.1 Å². The Kier molecular flexibility index (Phi) is 10.1. The maximum Gasteiger partial charge on any atom is 0.271 e. The van der Waals surface area contributed by atoms with Crippen LogP contribution in [0, 0.1) is 7.14 Å². The summed E-state index contributed by atoms with van der Waals surface area (Å²) in [5.41, 5.74) is 3.88. The number of halogens is 3. The first-order valence-corrected chi connectivity index (χ1v) is 17.9. The van der Waals surface area contributed by atoms with Crippen LogP contribution in [0.5, 0.6) is 11.5 Å². The number of thiazole rings is 1. The molecule has 1 amide bonds. The number of hydrogen-bond acceptors (Lipinski definition) is 6. The highest BCUT2D eigenvalue weighted by atomic mass is 127. The number of para-hydroxylation sites is 1. The quantitative estimate of drug-likeness (QED) is 0.164. The summed E-state index contributed by atoms with van der Waals surface area (Å²) in [6, 6.07) is 28.0. The van der Waals surface area contributed by atoms with E-state index in [0.29, 0.717) is 44.4 Å². The molecular weight excluding hydrogens is 892 g/mol. The van der Waals surface area contributed by atoms with E-state index in [1.54, 1.807) is 18.6 Å². The molecule has 6 rings (SSSR count). The van der Waals surface area contributed by atoms with Gasteiger partial charge in [-0.1, -0.05) is 69.7 Å². The van der Waals surface area contributed by atoms with E-state index in [1.807, 2.05) is 97.1 Å². The number of amides is 1. The Bertz CT molecular complexity index is 2160. The molecule has 0 aliphatic carbocycles. The number of aromatic nitrogens is 1. The fourth-order valence-electron chi connectivity index (χ4n) is 5.18. The molecule has 0 fully saturated rings. The summed E-state index contributed by atoms with van der Waals surface area (Å²) in [6.45, 7) is 2.18. The normalized spacial score (nSPS) is 14.5. The maximum atomic E-state index is 14.3. The van der Waals surface area contributed by atoms with Gasteiger partial charge in [0, 0.05) is 19.3 Å². The average Bonchev–Trinajstić information content (AvgIpc) is 3.34. The molecule has 7 nitrogen and oxygen atoms in total. The molecule has 1 aliphatic heterocycles. The van der Waals surface area contributed by atoms with Crippen LogP contribution in [0.3, 0.4) is 0 Å². The Morgan fingerprint density at radius 1 is 1.04 bits per heavy atom. The molecule has 46 heavy (non-hydrogen) atoms. The molecule has 4 aromatic carbocycles. The van der Waals surface area contributed by atoms with Gasteiger partial charge in [-0.3, -0.25) is 14.2 Å². The molecule has 0 unspecified atom stereocenters. The number of nitrogens with one attached hydrogen (secondary N) is 1. The van der Waals surface area contributed by atoms with Gasteiger partial charge in [0.2, 0.25) is 0 Å². The minimum atomic E-state index is -0.721. The molecule has 0 spiro atoms. The van der Waals surface area contributed by atoms with Gasteiger partial charge in [-0.25, -0.2) is 4.99 Å². The molecule has 0 saturated carbocycles. The van der Waals surface area contributed by atoms with Crippen molar-refractivity contribution in [3.05, 3.63) is 150 Å². The number of nitrogens with zero attached hydrogens (tertiary/aromatic N) is 2. The molecule has 1 aromatic heterocycles. The van der Waals surface area contributed by atoms with Gasteiger partial charge in [0.25, 0.3) is 11.5 Å². The van der Waals surface area contributed by atoms with Gasteiger partial charge in [0.05, 0.1) is 32.5 Å². The van der Waals surface area contributed by atoms with E-state index in [1.165, 1.54) is 11.3 Å². The topological polar surface area (TPSA) is 81.9 Å². The molecule has 2 heterocycles. The summed E-state index contributed by atoms with van der Waals surface area (Å²) < 4.78 is 16.9. The van der Waals surface area contributed by atoms with Crippen molar-refractivity contribution in [3.8, 4) is 11.5 Å². The number of methoxy groups -OCH3 is 1. The van der Waals surface area contributed by atoms with E-state index >= 15 is 0 Å². The zero-order valence-corrected chi connectivity index (χ0v) is 31.3. The zero-order chi connectivity index (χ0) is 32.4. The first-order chi connectivity index (χ1) is 22.2. The van der Waals surface area contributed by atoms with Crippen molar-refractivity contribution in [3.63, 3.8) is 0 Å². The molecule has 1 aliphatic rings. The first-order valence-electron chi connectivity index (χ1n) is 14.1. The van der Waals surface area contributed by atoms with Crippen molar-refractivity contribution in [1.29, 1.82) is 0 Å². The van der Waals surface area contributed by atoms with Crippen molar-refractivity contribution >= 4 is 90.1 Å². The number of anilines is 1. The highest BCUT2D eigenvalue weighted by Gasteiger charge is 2.33. The summed E-state index contributed by atoms with van der Waals surface area (Å²) in [4.78, 5) is 33.5. The third kappa shape index (κ3) is 7.02. The lowest BCUT2D eigenvalue weighted by Gasteiger charge is -2.25. The Morgan fingerprint density at radius 2 is 1.80 bits per heavy atom. The van der Waals surface area contributed by atoms with Gasteiger partial charge < -0.3 is 14.8 Å². The minimum absolute atomic E-state index is 0.248. The minimum Gasteiger partial charge on any atom is -0.497 e. The van der Waals surface area contributed by atoms with Gasteiger partial charge >= 0.3 is 0 Å². The third-order valence-electron chi connectivity index (χ3n) is 7.33. The maximum absolute atomic E-state index is 14.3. The molecule has 11 heteroatoms. The van der Waals surface area contributed by atoms with Gasteiger partial charge in [-0.15, -0.1) is 0 Å². The summed E-state index contributed by atoms with van der Waals surface area (Å²) in [5.74, 6) is 0.988. The van der Waals surface area contributed by atoms with Crippen molar-refractivity contribution < 1.29 is 14.3 Å². The summed E-state index contributed by atoms with van der Waals surface area (Å²) in [5, 5.41) is 2.99. The molecule has 1 atom stereocenters. The molecule has 232 valence electrons. The largest absolute Gasteiger partial charge is 0.497 e. The number of carbonyl (C=O) groups excluding carboxylic acids is 1. The number of fused-ring (bicyclic) bond motifs is 1. The second-order valence-electron chi connectivity index (χ2n) is 10.4. The van der Waals surface area contributed by atoms with Crippen LogP contribution in [0.1, 0.15) is 29.7 Å². The number of benzene rings is 4. The fourth-order valence-corrected chi connectivity index (χ4v) is 8.52. The second kappa shape index (κ2) is 14.2. The summed E-state index contributed by atoms with van der Waals surface area (Å²) >= 11 is 9.31. The highest BCUT2D eigenvalue weighted by Crippen LogP contribution is 2.33. The summed E-state index contributed by atoms with van der Waals surface area (Å²) in [7, 11) is 1.59. The van der Waals surface area contributed by atoms with Crippen molar-refractivity contribution in [2.75, 3.05) is 12.4 Å². The van der Waals surface area contributed by atoms with Crippen molar-refractivity contribution in [1.82, 2.24) is 4.57 Å². The lowest BCUT2D eigenvalue weighted by atomic mass is 9.95. The zero-order valence-electron chi connectivity index (χ0n) is 24.6. The standard InChI is InChI=1S/C35H26BrI2N3O4S/c1-20-30(33(42)40-26-8-4-3-5-9-26)31(22-7-6-10-27(16-22)44-2)41-34(43)29(46-35(41)39-20)17-23-15-25(37)18-28(38)32(23)45-19-21-11-13-24(36)14-12-21/h3-18,31H,19H2,1-2H3,(H,40,42)/b29-17-/t31-/m0/s1. The van der Waals surface area contributed by atoms with Gasteiger partial charge in [0.15, 0.2) is 4.80 Å². The first kappa shape index (κ1) is 32.7. The molecule has 0 saturated heterocycles. The Hall–Kier alpha value is -3.27. The van der Waals surface area contributed by atoms with E-state index in [4.69, 9.17) is 14.5 Å². The lowest BCUT2D eigenvalue weighted by Crippen LogP contribution is -2.40. The Labute approximate surface area is 305 Å². The van der Waals surface area contributed by atoms with Crippen LogP contribution in [0.2, 0.25) is 0 Å². The lowest BCUT2D eigenvalue weighted by molar-refractivity contribution is -0.113. The third-order valence-corrected chi connectivity index (χ3v) is 10.3. The number of ether oxygens (including phenoxy) is 2. The number of rotatable bonds is 8. The predicted octanol–water partition coefficient (Wildman–Crippen LogP) is 7.43. The second-order valence-corrected chi connectivity index (χ2v) is 14.7. The molecule has 1 N–H and O–H groups in total. The SMILES string of the molecule is COc1cccc([C@H]2C(C(=O)Nc3ccccc3)=C(C)N=c3s/c(=C\c4cc(I)cc(I)c4OCc4ccc(Br)cc4)c(=O)n32)c1. The van der Waals surface area contributed by atoms with Crippen LogP contribution in [-0.4, -0.2) is 17.6 Å². The number of hydrogen-bond donors (Lipinski definition) is 1. The molecule has 0 radical (unpaired) electrons. The van der Waals surface area contributed by atoms with Crippen LogP contribution in [0.15, 0.2) is 117 Å². The fraction of sp³-hybridized carbons (Fsp3) is 0.114. The number of carbonyl (C=O) groups is 1. The molecular formula is C35H26BrI2N3O4S. The predicted molar refractivity (Wildman–Crippen MR) is 202 cm³/mol. The number of allylic oxidation sites excluding steroid dienone is 1. The summed E-state index contributed by atoms with van der Waals surface area (Å²) in [6.07, 6.45) is 1.86. The highest BCUT2D eigenvalue weighted by molar-refractivity contribution is 14.1. The van der Waals surface area contributed by atoms with E-state index in [9.17, 15) is 9.59 Å². The van der Waals surface area contributed by atoms with Crippen LogP contribution in [0.4, 0.5) is 5.69 Å². The van der Waals surface area contributed by atoms with E-state index in [0.717, 1.165) is 28.3 Å². The Morgan fingerprint density at radius 3 is 2.54 bits per heavy atom. The van der Waals surface area contributed by atoms with Gasteiger partial charge in [-0.2, -0.15) is 0 Å². The average molecular weight is 918 g/mol. The van der Waals surface area contributed by atoms with E-state index in [-0.39, 0.29) is 11.5 Å². The van der Waals surface area contributed by atoms with Crippen molar-refractivity contribution in [2.45, 2.75) is 19.6 Å².